The Balaban J connectivity index is 2.12. The highest BCUT2D eigenvalue weighted by Gasteiger charge is 2.36. The van der Waals surface area contributed by atoms with E-state index in [1.807, 2.05) is 13.8 Å². The summed E-state index contributed by atoms with van der Waals surface area (Å²) in [5, 5.41) is 2.88. The van der Waals surface area contributed by atoms with E-state index < -0.39 is 46.2 Å². The quantitative estimate of drug-likeness (QED) is 0.268. The third-order valence-electron chi connectivity index (χ3n) is 6.95. The lowest BCUT2D eigenvalue weighted by molar-refractivity contribution is -0.140. The van der Waals surface area contributed by atoms with E-state index in [-0.39, 0.29) is 29.6 Å². The van der Waals surface area contributed by atoms with Gasteiger partial charge in [-0.25, -0.2) is 8.42 Å². The summed E-state index contributed by atoms with van der Waals surface area (Å²) in [7, 11) is -3.02. The number of rotatable bonds is 13. The molecule has 0 heterocycles. The van der Waals surface area contributed by atoms with Gasteiger partial charge in [0.05, 0.1) is 23.3 Å². The summed E-state index contributed by atoms with van der Waals surface area (Å²) in [6.45, 7) is 4.50. The number of halogens is 3. The molecule has 0 aliphatic rings. The number of nitrogens with zero attached hydrogens (tertiary/aromatic N) is 2. The fraction of sp³-hybridized carbons (Fsp3) is 0.355. The average molecular weight is 620 g/mol. The van der Waals surface area contributed by atoms with Crippen molar-refractivity contribution in [2.45, 2.75) is 63.3 Å². The van der Waals surface area contributed by atoms with E-state index in [1.54, 1.807) is 37.3 Å². The summed E-state index contributed by atoms with van der Waals surface area (Å²) in [5.74, 6) is -0.685. The van der Waals surface area contributed by atoms with Crippen molar-refractivity contribution < 1.29 is 35.9 Å². The molecule has 0 aromatic heterocycles. The van der Waals surface area contributed by atoms with Gasteiger partial charge in [0.1, 0.15) is 18.3 Å². The number of anilines is 1. The van der Waals surface area contributed by atoms with Crippen LogP contribution < -0.4 is 14.4 Å². The summed E-state index contributed by atoms with van der Waals surface area (Å²) in [6, 6.07) is 16.6. The van der Waals surface area contributed by atoms with Crippen LogP contribution in [0.1, 0.15) is 44.7 Å². The molecule has 43 heavy (non-hydrogen) atoms. The molecule has 0 saturated heterocycles. The number of hydrogen-bond acceptors (Lipinski definition) is 5. The molecule has 0 spiro atoms. The minimum Gasteiger partial charge on any atom is -0.497 e. The summed E-state index contributed by atoms with van der Waals surface area (Å²) in [6.07, 6.45) is -3.90. The number of methoxy groups -OCH3 is 1. The summed E-state index contributed by atoms with van der Waals surface area (Å²) in [4.78, 5) is 28.5. The molecular formula is C31H36F3N3O5S. The van der Waals surface area contributed by atoms with Crippen molar-refractivity contribution in [2.75, 3.05) is 18.0 Å². The van der Waals surface area contributed by atoms with Crippen molar-refractivity contribution in [3.05, 3.63) is 90.0 Å². The maximum absolute atomic E-state index is 14.1. The molecule has 1 N–H and O–H groups in total. The predicted octanol–water partition coefficient (Wildman–Crippen LogP) is 5.63. The van der Waals surface area contributed by atoms with Crippen LogP contribution in [0.15, 0.2) is 83.8 Å². The fourth-order valence-corrected chi connectivity index (χ4v) is 5.84. The Kier molecular flexibility index (Phi) is 11.2. The Labute approximate surface area is 250 Å². The zero-order valence-corrected chi connectivity index (χ0v) is 25.3. The highest BCUT2D eigenvalue weighted by molar-refractivity contribution is 7.92. The van der Waals surface area contributed by atoms with Crippen LogP contribution in [0.3, 0.4) is 0 Å². The predicted molar refractivity (Wildman–Crippen MR) is 158 cm³/mol. The minimum atomic E-state index is -4.75. The SMILES string of the molecule is CCC(C)NC(=O)C(CC)N(Cc1cccc(OC)c1)C(=O)CN(c1cccc(C(F)(F)F)c1)S(=O)(=O)c1ccccc1. The zero-order chi connectivity index (χ0) is 31.8. The lowest BCUT2D eigenvalue weighted by Gasteiger charge is -2.34. The van der Waals surface area contributed by atoms with Crippen molar-refractivity contribution in [3.63, 3.8) is 0 Å². The lowest BCUT2D eigenvalue weighted by Crippen LogP contribution is -2.53. The van der Waals surface area contributed by atoms with Crippen LogP contribution in [-0.4, -0.2) is 50.9 Å². The largest absolute Gasteiger partial charge is 0.497 e. The molecular weight excluding hydrogens is 583 g/mol. The van der Waals surface area contributed by atoms with E-state index >= 15 is 0 Å². The van der Waals surface area contributed by atoms with E-state index in [9.17, 15) is 31.2 Å². The van der Waals surface area contributed by atoms with Gasteiger partial charge in [-0.1, -0.05) is 50.2 Å². The van der Waals surface area contributed by atoms with Crippen molar-refractivity contribution >= 4 is 27.5 Å². The van der Waals surface area contributed by atoms with Crippen LogP contribution in [0.25, 0.3) is 0 Å². The van der Waals surface area contributed by atoms with Gasteiger partial charge in [0, 0.05) is 12.6 Å². The second kappa shape index (κ2) is 14.4. The number of sulfonamides is 1. The van der Waals surface area contributed by atoms with Crippen molar-refractivity contribution in [3.8, 4) is 5.75 Å². The molecule has 0 saturated carbocycles. The standard InChI is InChI=1S/C31H36F3N3O5S/c1-5-22(3)35-30(39)28(6-2)36(20-23-12-10-15-26(18-23)42-4)29(38)21-37(43(40,41)27-16-8-7-9-17-27)25-14-11-13-24(19-25)31(32,33)34/h7-19,22,28H,5-6,20-21H2,1-4H3,(H,35,39). The monoisotopic (exact) mass is 619 g/mol. The maximum atomic E-state index is 14.1. The van der Waals surface area contributed by atoms with E-state index in [2.05, 4.69) is 5.32 Å². The molecule has 0 aliphatic carbocycles. The van der Waals surface area contributed by atoms with Crippen LogP contribution in [-0.2, 0) is 32.3 Å². The van der Waals surface area contributed by atoms with Crippen molar-refractivity contribution in [2.24, 2.45) is 0 Å². The first-order chi connectivity index (χ1) is 20.3. The Hall–Kier alpha value is -4.06. The normalized spacial score (nSPS) is 13.1. The third-order valence-corrected chi connectivity index (χ3v) is 8.73. The van der Waals surface area contributed by atoms with Crippen LogP contribution in [0.4, 0.5) is 18.9 Å². The van der Waals surface area contributed by atoms with E-state index in [0.29, 0.717) is 28.1 Å². The number of ether oxygens (including phenoxy) is 1. The number of amides is 2. The van der Waals surface area contributed by atoms with Crippen molar-refractivity contribution in [1.82, 2.24) is 10.2 Å². The van der Waals surface area contributed by atoms with E-state index in [0.717, 1.165) is 12.1 Å². The van der Waals surface area contributed by atoms with Gasteiger partial charge in [0.2, 0.25) is 11.8 Å². The average Bonchev–Trinajstić information content (AvgIpc) is 2.99. The molecule has 3 rings (SSSR count). The van der Waals surface area contributed by atoms with Gasteiger partial charge < -0.3 is 15.0 Å². The van der Waals surface area contributed by atoms with Gasteiger partial charge in [0.25, 0.3) is 10.0 Å². The Bertz CT molecular complexity index is 1500. The van der Waals surface area contributed by atoms with Gasteiger partial charge in [-0.3, -0.25) is 13.9 Å². The molecule has 0 aliphatic heterocycles. The van der Waals surface area contributed by atoms with Crippen LogP contribution >= 0.6 is 0 Å². The van der Waals surface area contributed by atoms with Gasteiger partial charge in [-0.15, -0.1) is 0 Å². The van der Waals surface area contributed by atoms with Crippen LogP contribution in [0.2, 0.25) is 0 Å². The molecule has 8 nitrogen and oxygen atoms in total. The molecule has 0 bridgehead atoms. The van der Waals surface area contributed by atoms with E-state index in [1.165, 1.54) is 42.3 Å². The molecule has 2 unspecified atom stereocenters. The molecule has 3 aromatic carbocycles. The van der Waals surface area contributed by atoms with E-state index in [4.69, 9.17) is 4.74 Å². The Morgan fingerprint density at radius 2 is 1.60 bits per heavy atom. The number of carbonyl (C=O) groups is 2. The minimum absolute atomic E-state index is 0.0791. The Morgan fingerprint density at radius 1 is 0.930 bits per heavy atom. The molecule has 0 radical (unpaired) electrons. The smallest absolute Gasteiger partial charge is 0.416 e. The first-order valence-electron chi connectivity index (χ1n) is 13.8. The summed E-state index contributed by atoms with van der Waals surface area (Å²) >= 11 is 0. The molecule has 0 fully saturated rings. The maximum Gasteiger partial charge on any atom is 0.416 e. The summed E-state index contributed by atoms with van der Waals surface area (Å²) in [5.41, 5.74) is -0.803. The zero-order valence-electron chi connectivity index (χ0n) is 24.5. The molecule has 3 aromatic rings. The topological polar surface area (TPSA) is 96.0 Å². The fourth-order valence-electron chi connectivity index (χ4n) is 4.41. The van der Waals surface area contributed by atoms with Crippen molar-refractivity contribution in [1.29, 1.82) is 0 Å². The number of carbonyl (C=O) groups excluding carboxylic acids is 2. The number of benzene rings is 3. The highest BCUT2D eigenvalue weighted by atomic mass is 32.2. The lowest BCUT2D eigenvalue weighted by atomic mass is 10.1. The van der Waals surface area contributed by atoms with Gasteiger partial charge in [-0.2, -0.15) is 13.2 Å². The van der Waals surface area contributed by atoms with Gasteiger partial charge in [-0.05, 0) is 67.8 Å². The second-order valence-electron chi connectivity index (χ2n) is 9.99. The molecule has 2 amide bonds. The number of hydrogen-bond donors (Lipinski definition) is 1. The molecule has 232 valence electrons. The first kappa shape index (κ1) is 33.4. The second-order valence-corrected chi connectivity index (χ2v) is 11.9. The highest BCUT2D eigenvalue weighted by Crippen LogP contribution is 2.33. The molecule has 2 atom stereocenters. The summed E-state index contributed by atoms with van der Waals surface area (Å²) < 4.78 is 74.5. The van der Waals surface area contributed by atoms with Crippen LogP contribution in [0, 0.1) is 0 Å². The molecule has 12 heteroatoms. The Morgan fingerprint density at radius 3 is 2.21 bits per heavy atom. The van der Waals surface area contributed by atoms with Gasteiger partial charge >= 0.3 is 6.18 Å². The number of nitrogens with one attached hydrogen (secondary N) is 1. The number of alkyl halides is 3. The van der Waals surface area contributed by atoms with Crippen LogP contribution in [0.5, 0.6) is 5.75 Å². The van der Waals surface area contributed by atoms with Gasteiger partial charge in [0.15, 0.2) is 0 Å². The third kappa shape index (κ3) is 8.50. The first-order valence-corrected chi connectivity index (χ1v) is 15.2.